The van der Waals surface area contributed by atoms with Gasteiger partial charge in [0.05, 0.1) is 5.25 Å². The maximum atomic E-state index is 11.8. The molecule has 0 spiro atoms. The van der Waals surface area contributed by atoms with E-state index < -0.39 is 9.84 Å². The van der Waals surface area contributed by atoms with Crippen molar-refractivity contribution in [2.45, 2.75) is 43.5 Å². The van der Waals surface area contributed by atoms with Crippen LogP contribution >= 0.6 is 15.9 Å². The van der Waals surface area contributed by atoms with Gasteiger partial charge in [-0.3, -0.25) is 0 Å². The number of sulfone groups is 1. The van der Waals surface area contributed by atoms with Crippen LogP contribution in [0.15, 0.2) is 28.7 Å². The van der Waals surface area contributed by atoms with Crippen molar-refractivity contribution in [1.29, 1.82) is 0 Å². The first-order valence-corrected chi connectivity index (χ1v) is 9.38. The van der Waals surface area contributed by atoms with Gasteiger partial charge in [0.2, 0.25) is 0 Å². The molecule has 0 bridgehead atoms. The Morgan fingerprint density at radius 2 is 1.84 bits per heavy atom. The van der Waals surface area contributed by atoms with Gasteiger partial charge in [-0.1, -0.05) is 40.9 Å². The molecule has 1 N–H and O–H groups in total. The minimum absolute atomic E-state index is 0.0902. The van der Waals surface area contributed by atoms with Crippen molar-refractivity contribution in [3.8, 4) is 0 Å². The Morgan fingerprint density at radius 3 is 2.47 bits per heavy atom. The van der Waals surface area contributed by atoms with Crippen LogP contribution < -0.4 is 5.32 Å². The van der Waals surface area contributed by atoms with Crippen LogP contribution in [0.25, 0.3) is 0 Å². The second-order valence-corrected chi connectivity index (χ2v) is 8.45. The van der Waals surface area contributed by atoms with E-state index in [0.717, 1.165) is 36.7 Å². The molecule has 1 saturated carbocycles. The van der Waals surface area contributed by atoms with Gasteiger partial charge in [-0.15, -0.1) is 0 Å². The molecule has 1 aliphatic rings. The quantitative estimate of drug-likeness (QED) is 0.912. The summed E-state index contributed by atoms with van der Waals surface area (Å²) in [5.41, 5.74) is 1.18. The van der Waals surface area contributed by atoms with E-state index in [9.17, 15) is 8.42 Å². The summed E-state index contributed by atoms with van der Waals surface area (Å²) in [5, 5.41) is 3.19. The normalized spacial score (nSPS) is 24.3. The van der Waals surface area contributed by atoms with E-state index in [1.165, 1.54) is 11.8 Å². The molecule has 0 heterocycles. The van der Waals surface area contributed by atoms with Crippen LogP contribution in [0.4, 0.5) is 0 Å². The van der Waals surface area contributed by atoms with Gasteiger partial charge < -0.3 is 5.32 Å². The average molecular weight is 346 g/mol. The van der Waals surface area contributed by atoms with Gasteiger partial charge in [0.15, 0.2) is 9.84 Å². The molecular formula is C14H20BrNO2S. The van der Waals surface area contributed by atoms with Crippen LogP contribution in [0, 0.1) is 0 Å². The summed E-state index contributed by atoms with van der Waals surface area (Å²) in [6.45, 7) is 0.726. The Kier molecular flexibility index (Phi) is 5.03. The Balaban J connectivity index is 1.98. The molecule has 3 nitrogen and oxygen atoms in total. The van der Waals surface area contributed by atoms with Gasteiger partial charge in [-0.25, -0.2) is 8.42 Å². The van der Waals surface area contributed by atoms with Crippen LogP contribution in [0.3, 0.4) is 0 Å². The van der Waals surface area contributed by atoms with Crippen molar-refractivity contribution >= 4 is 25.8 Å². The predicted molar refractivity (Wildman–Crippen MR) is 81.9 cm³/mol. The van der Waals surface area contributed by atoms with E-state index in [1.54, 1.807) is 0 Å². The molecule has 0 radical (unpaired) electrons. The Morgan fingerprint density at radius 1 is 1.21 bits per heavy atom. The second-order valence-electron chi connectivity index (χ2n) is 5.27. The Hall–Kier alpha value is -0.390. The first-order chi connectivity index (χ1) is 8.97. The van der Waals surface area contributed by atoms with Crippen molar-refractivity contribution in [3.05, 3.63) is 34.3 Å². The lowest BCUT2D eigenvalue weighted by Crippen LogP contribution is -2.45. The molecule has 19 heavy (non-hydrogen) atoms. The van der Waals surface area contributed by atoms with Crippen LogP contribution in [0.2, 0.25) is 0 Å². The third kappa shape index (κ3) is 4.29. The third-order valence-corrected chi connectivity index (χ3v) is 5.93. The highest BCUT2D eigenvalue weighted by Gasteiger charge is 2.32. The van der Waals surface area contributed by atoms with E-state index in [4.69, 9.17) is 0 Å². The molecule has 2 rings (SSSR count). The summed E-state index contributed by atoms with van der Waals surface area (Å²) in [5.74, 6) is 0. The number of hydrogen-bond donors (Lipinski definition) is 1. The zero-order valence-electron chi connectivity index (χ0n) is 11.1. The second kappa shape index (κ2) is 6.37. The van der Waals surface area contributed by atoms with E-state index in [2.05, 4.69) is 33.4 Å². The van der Waals surface area contributed by atoms with Crippen molar-refractivity contribution in [2.75, 3.05) is 6.26 Å². The lowest BCUT2D eigenvalue weighted by atomic mass is 9.94. The highest BCUT2D eigenvalue weighted by Crippen LogP contribution is 2.24. The maximum Gasteiger partial charge on any atom is 0.151 e. The summed E-state index contributed by atoms with van der Waals surface area (Å²) in [6, 6.07) is 8.20. The number of halogens is 1. The number of rotatable bonds is 4. The van der Waals surface area contributed by atoms with Crippen LogP contribution in [-0.2, 0) is 16.4 Å². The first kappa shape index (κ1) is 15.0. The molecule has 0 saturated heterocycles. The highest BCUT2D eigenvalue weighted by molar-refractivity contribution is 9.10. The molecule has 2 atom stereocenters. The molecule has 1 aromatic rings. The van der Waals surface area contributed by atoms with Crippen molar-refractivity contribution in [2.24, 2.45) is 0 Å². The van der Waals surface area contributed by atoms with E-state index >= 15 is 0 Å². The van der Waals surface area contributed by atoms with Gasteiger partial charge in [0.25, 0.3) is 0 Å². The smallest absolute Gasteiger partial charge is 0.151 e. The fourth-order valence-corrected chi connectivity index (χ4v) is 4.38. The van der Waals surface area contributed by atoms with Gasteiger partial charge in [0, 0.05) is 23.3 Å². The lowest BCUT2D eigenvalue weighted by Gasteiger charge is -2.31. The number of hydrogen-bond acceptors (Lipinski definition) is 3. The van der Waals surface area contributed by atoms with E-state index in [-0.39, 0.29) is 11.3 Å². The molecule has 5 heteroatoms. The molecule has 0 unspecified atom stereocenters. The van der Waals surface area contributed by atoms with Gasteiger partial charge in [-0.2, -0.15) is 0 Å². The molecular weight excluding hydrogens is 326 g/mol. The molecule has 0 aromatic heterocycles. The minimum atomic E-state index is -2.96. The monoisotopic (exact) mass is 345 g/mol. The molecule has 0 aliphatic heterocycles. The SMILES string of the molecule is CS(=O)(=O)[C@H]1CCCC[C@H]1NCc1ccc(Br)cc1. The zero-order valence-corrected chi connectivity index (χ0v) is 13.5. The average Bonchev–Trinajstić information content (AvgIpc) is 2.37. The minimum Gasteiger partial charge on any atom is -0.309 e. The largest absolute Gasteiger partial charge is 0.309 e. The van der Waals surface area contributed by atoms with E-state index in [1.807, 2.05) is 12.1 Å². The first-order valence-electron chi connectivity index (χ1n) is 6.63. The van der Waals surface area contributed by atoms with Crippen LogP contribution in [-0.4, -0.2) is 26.0 Å². The Labute approximate surface area is 123 Å². The predicted octanol–water partition coefficient (Wildman–Crippen LogP) is 2.89. The molecule has 1 fully saturated rings. The maximum absolute atomic E-state index is 11.8. The fraction of sp³-hybridized carbons (Fsp3) is 0.571. The standard InChI is InChI=1S/C14H20BrNO2S/c1-19(17,18)14-5-3-2-4-13(14)16-10-11-6-8-12(15)9-7-11/h6-9,13-14,16H,2-5,10H2,1H3/t13-,14+/m1/s1. The molecule has 1 aliphatic carbocycles. The summed E-state index contributed by atoms with van der Waals surface area (Å²) in [6.07, 6.45) is 5.24. The summed E-state index contributed by atoms with van der Waals surface area (Å²) in [7, 11) is -2.96. The molecule has 0 amide bonds. The number of nitrogens with one attached hydrogen (secondary N) is 1. The number of benzene rings is 1. The fourth-order valence-electron chi connectivity index (χ4n) is 2.69. The topological polar surface area (TPSA) is 46.2 Å². The lowest BCUT2D eigenvalue weighted by molar-refractivity contribution is 0.370. The van der Waals surface area contributed by atoms with Crippen LogP contribution in [0.5, 0.6) is 0 Å². The van der Waals surface area contributed by atoms with Gasteiger partial charge in [-0.05, 0) is 30.5 Å². The van der Waals surface area contributed by atoms with Gasteiger partial charge in [0.1, 0.15) is 0 Å². The van der Waals surface area contributed by atoms with Crippen molar-refractivity contribution in [1.82, 2.24) is 5.32 Å². The summed E-state index contributed by atoms with van der Waals surface area (Å²) < 4.78 is 24.7. The highest BCUT2D eigenvalue weighted by atomic mass is 79.9. The molecule has 1 aromatic carbocycles. The van der Waals surface area contributed by atoms with Crippen molar-refractivity contribution in [3.63, 3.8) is 0 Å². The third-order valence-electron chi connectivity index (χ3n) is 3.73. The van der Waals surface area contributed by atoms with Crippen LogP contribution in [0.1, 0.15) is 31.2 Å². The Bertz CT molecular complexity index is 513. The van der Waals surface area contributed by atoms with E-state index in [0.29, 0.717) is 0 Å². The zero-order chi connectivity index (χ0) is 13.9. The summed E-state index contributed by atoms with van der Waals surface area (Å²) >= 11 is 3.41. The van der Waals surface area contributed by atoms with Gasteiger partial charge >= 0.3 is 0 Å². The molecule has 106 valence electrons. The van der Waals surface area contributed by atoms with Crippen molar-refractivity contribution < 1.29 is 8.42 Å². The summed E-state index contributed by atoms with van der Waals surface area (Å²) in [4.78, 5) is 0.